The van der Waals surface area contributed by atoms with Crippen molar-refractivity contribution in [3.63, 3.8) is 0 Å². The van der Waals surface area contributed by atoms with E-state index >= 15 is 0 Å². The van der Waals surface area contributed by atoms with Crippen molar-refractivity contribution in [3.05, 3.63) is 102 Å². The van der Waals surface area contributed by atoms with E-state index in [9.17, 15) is 17.6 Å². The summed E-state index contributed by atoms with van der Waals surface area (Å²) in [6.45, 7) is 6.09. The molecule has 1 aliphatic rings. The Kier molecular flexibility index (Phi) is 7.68. The van der Waals surface area contributed by atoms with E-state index in [2.05, 4.69) is 6.58 Å². The molecule has 3 aromatic rings. The lowest BCUT2D eigenvalue weighted by molar-refractivity contribution is -0.199. The van der Waals surface area contributed by atoms with Gasteiger partial charge in [0.25, 0.3) is 0 Å². The number of hydrogen-bond donors (Lipinski definition) is 0. The fourth-order valence-corrected chi connectivity index (χ4v) is 3.89. The molecule has 0 atom stereocenters. The molecule has 4 rings (SSSR count). The number of allylic oxidation sites excluding steroid dienone is 1. The molecule has 1 heterocycles. The summed E-state index contributed by atoms with van der Waals surface area (Å²) >= 11 is 0. The molecule has 0 aromatic heterocycles. The summed E-state index contributed by atoms with van der Waals surface area (Å²) in [5.41, 5.74) is 0.780. The zero-order chi connectivity index (χ0) is 24.9. The fraction of sp³-hybridized carbons (Fsp3) is 0.214. The highest BCUT2D eigenvalue weighted by Crippen LogP contribution is 2.35. The smallest absolute Gasteiger partial charge is 0.201 e. The quantitative estimate of drug-likeness (QED) is 0.259. The predicted molar refractivity (Wildman–Crippen MR) is 126 cm³/mol. The van der Waals surface area contributed by atoms with Crippen LogP contribution in [0.5, 0.6) is 5.75 Å². The second-order valence-electron chi connectivity index (χ2n) is 8.03. The molecule has 3 nitrogen and oxygen atoms in total. The number of hydrogen-bond acceptors (Lipinski definition) is 3. The number of halogens is 4. The van der Waals surface area contributed by atoms with E-state index in [0.717, 1.165) is 0 Å². The van der Waals surface area contributed by atoms with Gasteiger partial charge in [-0.3, -0.25) is 0 Å². The van der Waals surface area contributed by atoms with Gasteiger partial charge in [0.2, 0.25) is 5.82 Å². The van der Waals surface area contributed by atoms with Crippen LogP contribution in [0.4, 0.5) is 17.6 Å². The first-order valence-corrected chi connectivity index (χ1v) is 11.1. The molecule has 0 spiro atoms. The Morgan fingerprint density at radius 2 is 1.40 bits per heavy atom. The van der Waals surface area contributed by atoms with Gasteiger partial charge in [0.15, 0.2) is 29.5 Å². The standard InChI is InChI=1S/C28H24F4O3/c1-3-5-17-15-34-28(35-16-17)22-11-10-20(24(29)26(22)31)18-6-8-19(9-7-18)21-12-13-23(33-14-4-2)27(32)25(21)30/h3-13,17,28H,2,14-16H2,1H3/b5-3+. The summed E-state index contributed by atoms with van der Waals surface area (Å²) in [6, 6.07) is 11.7. The van der Waals surface area contributed by atoms with Crippen LogP contribution in [0.1, 0.15) is 18.8 Å². The van der Waals surface area contributed by atoms with Gasteiger partial charge in [0.1, 0.15) is 6.61 Å². The van der Waals surface area contributed by atoms with Gasteiger partial charge >= 0.3 is 0 Å². The summed E-state index contributed by atoms with van der Waals surface area (Å²) in [5.74, 6) is -4.42. The van der Waals surface area contributed by atoms with E-state index in [1.807, 2.05) is 19.1 Å². The van der Waals surface area contributed by atoms with Gasteiger partial charge in [-0.1, -0.05) is 61.2 Å². The molecule has 0 saturated carbocycles. The molecule has 0 aliphatic carbocycles. The number of benzene rings is 3. The third kappa shape index (κ3) is 5.16. The molecule has 182 valence electrons. The maximum Gasteiger partial charge on any atom is 0.201 e. The molecule has 0 bridgehead atoms. The lowest BCUT2D eigenvalue weighted by Crippen LogP contribution is -2.26. The van der Waals surface area contributed by atoms with E-state index in [4.69, 9.17) is 14.2 Å². The minimum Gasteiger partial charge on any atom is -0.486 e. The van der Waals surface area contributed by atoms with Gasteiger partial charge in [0.05, 0.1) is 13.2 Å². The monoisotopic (exact) mass is 484 g/mol. The van der Waals surface area contributed by atoms with Crippen molar-refractivity contribution in [2.75, 3.05) is 19.8 Å². The normalized spacial score (nSPS) is 18.1. The third-order valence-corrected chi connectivity index (χ3v) is 5.66. The largest absolute Gasteiger partial charge is 0.486 e. The van der Waals surface area contributed by atoms with Crippen LogP contribution in [0.2, 0.25) is 0 Å². The van der Waals surface area contributed by atoms with Gasteiger partial charge in [-0.05, 0) is 30.2 Å². The summed E-state index contributed by atoms with van der Waals surface area (Å²) in [6.07, 6.45) is 4.26. The fourth-order valence-electron chi connectivity index (χ4n) is 3.89. The number of rotatable bonds is 7. The maximum absolute atomic E-state index is 15.0. The van der Waals surface area contributed by atoms with Crippen LogP contribution in [0.25, 0.3) is 22.3 Å². The molecular weight excluding hydrogens is 460 g/mol. The van der Waals surface area contributed by atoms with Crippen LogP contribution in [-0.2, 0) is 9.47 Å². The van der Waals surface area contributed by atoms with Crippen molar-refractivity contribution in [2.24, 2.45) is 5.92 Å². The molecule has 0 N–H and O–H groups in total. The zero-order valence-corrected chi connectivity index (χ0v) is 19.1. The minimum atomic E-state index is -1.11. The van der Waals surface area contributed by atoms with E-state index in [-0.39, 0.29) is 35.0 Å². The first kappa shape index (κ1) is 24.7. The highest BCUT2D eigenvalue weighted by atomic mass is 19.2. The molecule has 35 heavy (non-hydrogen) atoms. The number of ether oxygens (including phenoxy) is 3. The van der Waals surface area contributed by atoms with Crippen molar-refractivity contribution >= 4 is 0 Å². The first-order chi connectivity index (χ1) is 16.9. The van der Waals surface area contributed by atoms with Crippen LogP contribution in [0, 0.1) is 29.2 Å². The molecule has 1 saturated heterocycles. The Balaban J connectivity index is 1.56. The molecule has 1 fully saturated rings. The minimum absolute atomic E-state index is 0.0156. The van der Waals surface area contributed by atoms with Gasteiger partial charge < -0.3 is 14.2 Å². The Morgan fingerprint density at radius 1 is 0.829 bits per heavy atom. The Morgan fingerprint density at radius 3 is 1.97 bits per heavy atom. The summed E-state index contributed by atoms with van der Waals surface area (Å²) in [7, 11) is 0. The van der Waals surface area contributed by atoms with E-state index in [1.54, 1.807) is 0 Å². The topological polar surface area (TPSA) is 27.7 Å². The van der Waals surface area contributed by atoms with Crippen LogP contribution >= 0.6 is 0 Å². The summed E-state index contributed by atoms with van der Waals surface area (Å²) in [4.78, 5) is 0. The molecule has 0 unspecified atom stereocenters. The maximum atomic E-state index is 15.0. The molecule has 3 aromatic carbocycles. The summed E-state index contributed by atoms with van der Waals surface area (Å²) in [5, 5.41) is 0. The highest BCUT2D eigenvalue weighted by Gasteiger charge is 2.27. The molecular formula is C28H24F4O3. The van der Waals surface area contributed by atoms with Crippen LogP contribution in [-0.4, -0.2) is 19.8 Å². The molecule has 1 aliphatic heterocycles. The Labute approximate surface area is 201 Å². The second kappa shape index (κ2) is 10.9. The van der Waals surface area contributed by atoms with Crippen LogP contribution in [0.3, 0.4) is 0 Å². The van der Waals surface area contributed by atoms with Crippen molar-refractivity contribution in [1.82, 2.24) is 0 Å². The Hall–Kier alpha value is -3.42. The van der Waals surface area contributed by atoms with Gasteiger partial charge in [-0.2, -0.15) is 4.39 Å². The Bertz CT molecular complexity index is 1230. The lowest BCUT2D eigenvalue weighted by atomic mass is 9.98. The van der Waals surface area contributed by atoms with Crippen molar-refractivity contribution in [1.29, 1.82) is 0 Å². The van der Waals surface area contributed by atoms with Crippen LogP contribution in [0.15, 0.2) is 73.3 Å². The molecule has 0 radical (unpaired) electrons. The highest BCUT2D eigenvalue weighted by molar-refractivity contribution is 5.71. The lowest BCUT2D eigenvalue weighted by Gasteiger charge is -2.28. The molecule has 7 heteroatoms. The van der Waals surface area contributed by atoms with Crippen LogP contribution < -0.4 is 4.74 Å². The predicted octanol–water partition coefficient (Wildman–Crippen LogP) is 7.38. The average molecular weight is 484 g/mol. The van der Waals surface area contributed by atoms with Gasteiger partial charge in [-0.15, -0.1) is 0 Å². The summed E-state index contributed by atoms with van der Waals surface area (Å²) < 4.78 is 75.0. The SMILES string of the molecule is C=CCOc1ccc(-c2ccc(-c3ccc(C4OCC(/C=C/C)CO4)c(F)c3F)cc2)c(F)c1F. The van der Waals surface area contributed by atoms with Crippen molar-refractivity contribution in [2.45, 2.75) is 13.2 Å². The average Bonchev–Trinajstić information content (AvgIpc) is 2.88. The van der Waals surface area contributed by atoms with Crippen molar-refractivity contribution in [3.8, 4) is 28.0 Å². The van der Waals surface area contributed by atoms with Crippen molar-refractivity contribution < 1.29 is 31.8 Å². The van der Waals surface area contributed by atoms with E-state index in [0.29, 0.717) is 24.3 Å². The van der Waals surface area contributed by atoms with E-state index in [1.165, 1.54) is 54.6 Å². The zero-order valence-electron chi connectivity index (χ0n) is 19.1. The van der Waals surface area contributed by atoms with E-state index < -0.39 is 29.6 Å². The van der Waals surface area contributed by atoms with Gasteiger partial charge in [-0.25, -0.2) is 13.2 Å². The third-order valence-electron chi connectivity index (χ3n) is 5.66. The van der Waals surface area contributed by atoms with Gasteiger partial charge in [0, 0.05) is 22.6 Å². The molecule has 0 amide bonds. The second-order valence-corrected chi connectivity index (χ2v) is 8.03. The first-order valence-electron chi connectivity index (χ1n) is 11.1.